The largest absolute Gasteiger partial charge is 1.00 e. The van der Waals surface area contributed by atoms with E-state index in [2.05, 4.69) is 0 Å². The van der Waals surface area contributed by atoms with Gasteiger partial charge in [-0.25, -0.2) is 0 Å². The molecular weight excluding hydrogens is 343 g/mol. The number of benzene rings is 1. The molecule has 0 saturated heterocycles. The average Bonchev–Trinajstić information content (AvgIpc) is 2.43. The van der Waals surface area contributed by atoms with E-state index in [1.807, 2.05) is 0 Å². The van der Waals surface area contributed by atoms with Crippen molar-refractivity contribution in [2.45, 2.75) is 34.6 Å². The summed E-state index contributed by atoms with van der Waals surface area (Å²) in [6.07, 6.45) is 0. The number of hydrogen-bond donors (Lipinski definition) is 0. The summed E-state index contributed by atoms with van der Waals surface area (Å²) in [5.74, 6) is -1.62. The Balaban J connectivity index is 0.00000529. The zero-order valence-corrected chi connectivity index (χ0v) is 17.2. The van der Waals surface area contributed by atoms with Crippen LogP contribution in [0.25, 0.3) is 5.76 Å². The van der Waals surface area contributed by atoms with E-state index >= 15 is 0 Å². The average molecular weight is 359 g/mol. The Morgan fingerprint density at radius 3 is 2.21 bits per heavy atom. The Labute approximate surface area is 167 Å². The minimum atomic E-state index is -0.956. The third-order valence-corrected chi connectivity index (χ3v) is 3.90. The van der Waals surface area contributed by atoms with Gasteiger partial charge >= 0.3 is 29.6 Å². The number of allylic oxidation sites excluding steroid dienone is 1. The van der Waals surface area contributed by atoms with Crippen molar-refractivity contribution in [1.29, 1.82) is 5.26 Å². The van der Waals surface area contributed by atoms with Gasteiger partial charge in [0.2, 0.25) is 0 Å². The molecule has 0 N–H and O–H groups in total. The number of nitriles is 1. The SMILES string of the molecule is Cc1cc(/C([O-])=C(\C#N)C(=O)C(C)(C)C)c([N+](=O)[O-])c(C)c1Cl.[Na+]. The zero-order chi connectivity index (χ0) is 18.1. The molecule has 8 heteroatoms. The fourth-order valence-corrected chi connectivity index (χ4v) is 2.22. The second kappa shape index (κ2) is 8.13. The number of rotatable bonds is 3. The normalized spacial score (nSPS) is 11.9. The molecule has 0 radical (unpaired) electrons. The van der Waals surface area contributed by atoms with Gasteiger partial charge in [-0.2, -0.15) is 5.26 Å². The van der Waals surface area contributed by atoms with E-state index in [0.717, 1.165) is 0 Å². The maximum Gasteiger partial charge on any atom is 1.00 e. The molecular formula is C16H16ClN2NaO4. The van der Waals surface area contributed by atoms with Crippen molar-refractivity contribution in [2.24, 2.45) is 5.41 Å². The van der Waals surface area contributed by atoms with Gasteiger partial charge in [0.1, 0.15) is 6.07 Å². The number of halogens is 1. The predicted molar refractivity (Wildman–Crippen MR) is 84.6 cm³/mol. The van der Waals surface area contributed by atoms with Crippen molar-refractivity contribution >= 4 is 28.8 Å². The fourth-order valence-electron chi connectivity index (χ4n) is 2.07. The number of ketones is 1. The summed E-state index contributed by atoms with van der Waals surface area (Å²) in [6.45, 7) is 7.70. The first kappa shape index (κ1) is 22.6. The fraction of sp³-hybridized carbons (Fsp3) is 0.375. The first-order chi connectivity index (χ1) is 10.4. The van der Waals surface area contributed by atoms with Gasteiger partial charge in [-0.3, -0.25) is 14.9 Å². The minimum Gasteiger partial charge on any atom is -0.871 e. The summed E-state index contributed by atoms with van der Waals surface area (Å²) in [6, 6.07) is 2.83. The topological polar surface area (TPSA) is 107 Å². The van der Waals surface area contributed by atoms with E-state index in [0.29, 0.717) is 5.56 Å². The number of carbonyl (C=O) groups excluding carboxylic acids is 1. The van der Waals surface area contributed by atoms with Crippen LogP contribution in [-0.4, -0.2) is 10.7 Å². The van der Waals surface area contributed by atoms with Gasteiger partial charge in [0.05, 0.1) is 15.5 Å². The third kappa shape index (κ3) is 4.37. The van der Waals surface area contributed by atoms with Gasteiger partial charge in [-0.15, -0.1) is 0 Å². The van der Waals surface area contributed by atoms with Crippen LogP contribution in [0.4, 0.5) is 5.69 Å². The second-order valence-electron chi connectivity index (χ2n) is 6.18. The van der Waals surface area contributed by atoms with E-state index in [1.165, 1.54) is 13.0 Å². The molecule has 0 unspecified atom stereocenters. The van der Waals surface area contributed by atoms with Gasteiger partial charge in [0.15, 0.2) is 5.78 Å². The van der Waals surface area contributed by atoms with Crippen LogP contribution in [0.1, 0.15) is 37.5 Å². The molecule has 0 aromatic heterocycles. The molecule has 0 saturated carbocycles. The molecule has 0 fully saturated rings. The molecule has 0 spiro atoms. The molecule has 0 bridgehead atoms. The van der Waals surface area contributed by atoms with Crippen LogP contribution >= 0.6 is 11.6 Å². The van der Waals surface area contributed by atoms with Crippen LogP contribution in [0, 0.1) is 40.7 Å². The zero-order valence-electron chi connectivity index (χ0n) is 14.5. The molecule has 1 aromatic carbocycles. The van der Waals surface area contributed by atoms with Gasteiger partial charge in [0, 0.05) is 16.5 Å². The summed E-state index contributed by atoms with van der Waals surface area (Å²) < 4.78 is 0. The Bertz CT molecular complexity index is 774. The molecule has 122 valence electrons. The summed E-state index contributed by atoms with van der Waals surface area (Å²) in [5.41, 5.74) is -1.78. The van der Waals surface area contributed by atoms with Crippen LogP contribution < -0.4 is 34.7 Å². The molecule has 0 atom stereocenters. The van der Waals surface area contributed by atoms with Gasteiger partial charge in [0.25, 0.3) is 5.69 Å². The van der Waals surface area contributed by atoms with Crippen molar-refractivity contribution in [3.8, 4) is 6.07 Å². The monoisotopic (exact) mass is 358 g/mol. The first-order valence-corrected chi connectivity index (χ1v) is 7.11. The predicted octanol–water partition coefficient (Wildman–Crippen LogP) is 0.0792. The van der Waals surface area contributed by atoms with Crippen LogP contribution in [0.2, 0.25) is 5.02 Å². The molecule has 1 aromatic rings. The molecule has 0 aliphatic carbocycles. The Morgan fingerprint density at radius 1 is 1.33 bits per heavy atom. The second-order valence-corrected chi connectivity index (χ2v) is 6.56. The van der Waals surface area contributed by atoms with Crippen molar-refractivity contribution in [1.82, 2.24) is 0 Å². The smallest absolute Gasteiger partial charge is 0.871 e. The van der Waals surface area contributed by atoms with Crippen molar-refractivity contribution in [2.75, 3.05) is 0 Å². The number of nitrogens with zero attached hydrogens (tertiary/aromatic N) is 2. The van der Waals surface area contributed by atoms with E-state index in [-0.39, 0.29) is 45.7 Å². The maximum atomic E-state index is 12.6. The summed E-state index contributed by atoms with van der Waals surface area (Å²) in [5, 5.41) is 33.2. The maximum absolute atomic E-state index is 12.6. The Morgan fingerprint density at radius 2 is 1.83 bits per heavy atom. The quantitative estimate of drug-likeness (QED) is 0.190. The number of Topliss-reactive ketones (excluding diaryl/α,β-unsaturated/α-hetero) is 1. The Kier molecular flexibility index (Phi) is 7.66. The molecule has 0 amide bonds. The molecule has 0 aliphatic heterocycles. The molecule has 1 rings (SSSR count). The van der Waals surface area contributed by atoms with Crippen molar-refractivity contribution < 1.29 is 44.4 Å². The molecule has 0 aliphatic rings. The van der Waals surface area contributed by atoms with Gasteiger partial charge in [-0.05, 0) is 25.5 Å². The number of nitro groups is 1. The first-order valence-electron chi connectivity index (χ1n) is 6.74. The van der Waals surface area contributed by atoms with Crippen molar-refractivity contribution in [3.05, 3.63) is 43.5 Å². The van der Waals surface area contributed by atoms with E-state index in [9.17, 15) is 25.3 Å². The van der Waals surface area contributed by atoms with Crippen molar-refractivity contribution in [3.63, 3.8) is 0 Å². The van der Waals surface area contributed by atoms with Crippen LogP contribution in [0.15, 0.2) is 11.6 Å². The minimum absolute atomic E-state index is 0. The van der Waals surface area contributed by atoms with Crippen LogP contribution in [-0.2, 0) is 4.79 Å². The number of aryl methyl sites for hydroxylation is 1. The van der Waals surface area contributed by atoms with Gasteiger partial charge < -0.3 is 5.11 Å². The third-order valence-electron chi connectivity index (χ3n) is 3.32. The van der Waals surface area contributed by atoms with Crippen LogP contribution in [0.3, 0.4) is 0 Å². The number of hydrogen-bond acceptors (Lipinski definition) is 5. The molecule has 24 heavy (non-hydrogen) atoms. The summed E-state index contributed by atoms with van der Waals surface area (Å²) >= 11 is 6.00. The van der Waals surface area contributed by atoms with Crippen LogP contribution in [0.5, 0.6) is 0 Å². The molecule has 6 nitrogen and oxygen atoms in total. The number of nitro benzene ring substituents is 1. The van der Waals surface area contributed by atoms with E-state index < -0.39 is 33.1 Å². The van der Waals surface area contributed by atoms with Gasteiger partial charge in [-0.1, -0.05) is 38.1 Å². The Hall–Kier alpha value is -1.39. The summed E-state index contributed by atoms with van der Waals surface area (Å²) in [7, 11) is 0. The standard InChI is InChI=1S/C16H17ClN2O4.Na/c1-8-6-10(13(19(22)23)9(2)12(8)17)14(20)11(7-18)15(21)16(3,4)5;/h6,20H,1-5H3;/q;+1/p-1/b14-11-;. The van der Waals surface area contributed by atoms with E-state index in [4.69, 9.17) is 11.6 Å². The summed E-state index contributed by atoms with van der Waals surface area (Å²) in [4.78, 5) is 22.8. The molecule has 0 heterocycles. The van der Waals surface area contributed by atoms with E-state index in [1.54, 1.807) is 33.8 Å². The number of carbonyl (C=O) groups is 1.